The van der Waals surface area contributed by atoms with E-state index >= 15 is 0 Å². The number of halogens is 2. The van der Waals surface area contributed by atoms with E-state index in [1.807, 2.05) is 0 Å². The van der Waals surface area contributed by atoms with Crippen LogP contribution in [-0.4, -0.2) is 23.9 Å². The molecule has 2 aliphatic carbocycles. The highest BCUT2D eigenvalue weighted by Gasteiger charge is 2.67. The Balaban J connectivity index is 1.72. The van der Waals surface area contributed by atoms with Crippen molar-refractivity contribution in [2.24, 2.45) is 5.41 Å². The molecule has 1 atom stereocenters. The Morgan fingerprint density at radius 1 is 1.17 bits per heavy atom. The Morgan fingerprint density at radius 3 is 2.17 bits per heavy atom. The van der Waals surface area contributed by atoms with Gasteiger partial charge in [0.25, 0.3) is 0 Å². The van der Waals surface area contributed by atoms with Gasteiger partial charge in [0.1, 0.15) is 4.33 Å². The minimum Gasteiger partial charge on any atom is -0.326 e. The van der Waals surface area contributed by atoms with Crippen LogP contribution in [0.5, 0.6) is 0 Å². The van der Waals surface area contributed by atoms with Gasteiger partial charge in [-0.1, -0.05) is 12.8 Å². The molecule has 0 saturated heterocycles. The average molecular weight is 376 g/mol. The monoisotopic (exact) mass is 375 g/mol. The zero-order valence-electron chi connectivity index (χ0n) is 12.8. The summed E-state index contributed by atoms with van der Waals surface area (Å²) < 4.78 is 24.0. The summed E-state index contributed by atoms with van der Waals surface area (Å²) >= 11 is 12.0. The van der Waals surface area contributed by atoms with E-state index in [-0.39, 0.29) is 11.2 Å². The van der Waals surface area contributed by atoms with Crippen molar-refractivity contribution >= 4 is 44.6 Å². The van der Waals surface area contributed by atoms with Crippen molar-refractivity contribution in [1.29, 1.82) is 0 Å². The van der Waals surface area contributed by atoms with Gasteiger partial charge >= 0.3 is 0 Å². The number of anilines is 1. The van der Waals surface area contributed by atoms with Crippen LogP contribution >= 0.6 is 23.2 Å². The van der Waals surface area contributed by atoms with E-state index in [9.17, 15) is 13.2 Å². The molecule has 1 aromatic rings. The summed E-state index contributed by atoms with van der Waals surface area (Å²) in [6.07, 6.45) is 3.80. The maximum Gasteiger partial charge on any atom is 0.233 e. The third-order valence-electron chi connectivity index (χ3n) is 4.94. The number of hydrogen-bond donors (Lipinski definition) is 1. The van der Waals surface area contributed by atoms with Gasteiger partial charge in [-0.15, -0.1) is 23.2 Å². The lowest BCUT2D eigenvalue weighted by Crippen LogP contribution is -2.26. The van der Waals surface area contributed by atoms with Crippen molar-refractivity contribution in [3.05, 3.63) is 24.3 Å². The minimum atomic E-state index is -3.27. The van der Waals surface area contributed by atoms with Crippen LogP contribution in [0.15, 0.2) is 29.2 Å². The van der Waals surface area contributed by atoms with Crippen LogP contribution in [-0.2, 0) is 14.6 Å². The summed E-state index contributed by atoms with van der Waals surface area (Å²) in [6, 6.07) is 6.31. The molecule has 0 aliphatic heterocycles. The van der Waals surface area contributed by atoms with Crippen LogP contribution < -0.4 is 5.32 Å². The fourth-order valence-electron chi connectivity index (χ4n) is 3.03. The maximum atomic E-state index is 12.5. The van der Waals surface area contributed by atoms with Gasteiger partial charge in [-0.2, -0.15) is 0 Å². The number of sulfone groups is 1. The van der Waals surface area contributed by atoms with Crippen molar-refractivity contribution in [3.8, 4) is 0 Å². The van der Waals surface area contributed by atoms with Crippen molar-refractivity contribution in [3.63, 3.8) is 0 Å². The number of hydrogen-bond acceptors (Lipinski definition) is 3. The van der Waals surface area contributed by atoms with Gasteiger partial charge in [0.15, 0.2) is 9.84 Å². The Kier molecular flexibility index (Phi) is 4.18. The second-order valence-corrected chi connectivity index (χ2v) is 10.4. The van der Waals surface area contributed by atoms with E-state index in [4.69, 9.17) is 23.2 Å². The van der Waals surface area contributed by atoms with E-state index in [1.54, 1.807) is 31.2 Å². The van der Waals surface area contributed by atoms with Gasteiger partial charge in [0, 0.05) is 5.69 Å². The molecule has 0 heterocycles. The number of nitrogens with one attached hydrogen (secondary N) is 1. The molecule has 0 bridgehead atoms. The first-order valence-electron chi connectivity index (χ1n) is 7.70. The molecule has 2 fully saturated rings. The molecule has 1 N–H and O–H groups in total. The predicted molar refractivity (Wildman–Crippen MR) is 91.7 cm³/mol. The largest absolute Gasteiger partial charge is 0.326 e. The van der Waals surface area contributed by atoms with Crippen molar-refractivity contribution in [2.75, 3.05) is 5.32 Å². The van der Waals surface area contributed by atoms with E-state index in [1.165, 1.54) is 0 Å². The van der Waals surface area contributed by atoms with E-state index in [0.29, 0.717) is 17.0 Å². The van der Waals surface area contributed by atoms with E-state index in [0.717, 1.165) is 25.7 Å². The first-order valence-corrected chi connectivity index (χ1v) is 10.0. The van der Waals surface area contributed by atoms with Crippen molar-refractivity contribution in [1.82, 2.24) is 0 Å². The number of rotatable bonds is 4. The first kappa shape index (κ1) is 17.1. The standard InChI is InChI=1S/C16H19Cl2NO3S/c1-15(10-16(15,17)18)14(20)19-11-6-8-13(9-7-11)23(21,22)12-4-2-3-5-12/h6-9,12H,2-5,10H2,1H3,(H,19,20)/t15-/m1/s1. The summed E-state index contributed by atoms with van der Waals surface area (Å²) in [7, 11) is -3.27. The molecule has 2 aliphatic rings. The topological polar surface area (TPSA) is 63.2 Å². The highest BCUT2D eigenvalue weighted by molar-refractivity contribution is 7.92. The quantitative estimate of drug-likeness (QED) is 0.810. The summed E-state index contributed by atoms with van der Waals surface area (Å²) in [5.41, 5.74) is -0.261. The molecule has 0 radical (unpaired) electrons. The predicted octanol–water partition coefficient (Wildman–Crippen LogP) is 3.93. The van der Waals surface area contributed by atoms with Crippen LogP contribution in [0.25, 0.3) is 0 Å². The Morgan fingerprint density at radius 2 is 1.70 bits per heavy atom. The van der Waals surface area contributed by atoms with E-state index < -0.39 is 19.6 Å². The molecule has 3 rings (SSSR count). The van der Waals surface area contributed by atoms with Crippen LogP contribution in [0.1, 0.15) is 39.0 Å². The van der Waals surface area contributed by atoms with Crippen LogP contribution in [0, 0.1) is 5.41 Å². The molecule has 7 heteroatoms. The Bertz CT molecular complexity index is 724. The second kappa shape index (κ2) is 5.64. The summed E-state index contributed by atoms with van der Waals surface area (Å²) in [5, 5.41) is 2.47. The van der Waals surface area contributed by atoms with Crippen molar-refractivity contribution in [2.45, 2.75) is 53.5 Å². The van der Waals surface area contributed by atoms with Crippen LogP contribution in [0.4, 0.5) is 5.69 Å². The SMILES string of the molecule is C[C@]1(C(=O)Nc2ccc(S(=O)(=O)C3CCCC3)cc2)CC1(Cl)Cl. The molecule has 0 spiro atoms. The lowest BCUT2D eigenvalue weighted by molar-refractivity contribution is -0.120. The highest BCUT2D eigenvalue weighted by Crippen LogP contribution is 2.64. The third-order valence-corrected chi connectivity index (χ3v) is 8.32. The summed E-state index contributed by atoms with van der Waals surface area (Å²) in [6.45, 7) is 1.71. The summed E-state index contributed by atoms with van der Waals surface area (Å²) in [4.78, 5) is 12.5. The van der Waals surface area contributed by atoms with Crippen LogP contribution in [0.3, 0.4) is 0 Å². The molecule has 4 nitrogen and oxygen atoms in total. The van der Waals surface area contributed by atoms with Gasteiger partial charge in [0.05, 0.1) is 15.6 Å². The van der Waals surface area contributed by atoms with Gasteiger partial charge in [-0.05, 0) is 50.5 Å². The lowest BCUT2D eigenvalue weighted by Gasteiger charge is -2.14. The number of carbonyl (C=O) groups excluding carboxylic acids is 1. The smallest absolute Gasteiger partial charge is 0.233 e. The molecule has 1 amide bonds. The number of benzene rings is 1. The lowest BCUT2D eigenvalue weighted by atomic mass is 10.1. The van der Waals surface area contributed by atoms with Crippen molar-refractivity contribution < 1.29 is 13.2 Å². The molecular formula is C16H19Cl2NO3S. The van der Waals surface area contributed by atoms with Gasteiger partial charge < -0.3 is 5.32 Å². The second-order valence-electron chi connectivity index (χ2n) is 6.64. The van der Waals surface area contributed by atoms with Gasteiger partial charge in [-0.3, -0.25) is 4.79 Å². The number of amides is 1. The van der Waals surface area contributed by atoms with Gasteiger partial charge in [0.2, 0.25) is 5.91 Å². The maximum absolute atomic E-state index is 12.5. The molecule has 0 aromatic heterocycles. The number of alkyl halides is 2. The first-order chi connectivity index (χ1) is 10.7. The molecule has 0 unspecified atom stereocenters. The number of carbonyl (C=O) groups is 1. The highest BCUT2D eigenvalue weighted by atomic mass is 35.5. The average Bonchev–Trinajstić information content (AvgIpc) is 2.87. The Labute approximate surface area is 146 Å². The third kappa shape index (κ3) is 2.99. The van der Waals surface area contributed by atoms with Crippen LogP contribution in [0.2, 0.25) is 0 Å². The molecule has 2 saturated carbocycles. The zero-order valence-corrected chi connectivity index (χ0v) is 15.1. The van der Waals surface area contributed by atoms with E-state index in [2.05, 4.69) is 5.32 Å². The molecule has 23 heavy (non-hydrogen) atoms. The zero-order chi connectivity index (χ0) is 16.9. The summed E-state index contributed by atoms with van der Waals surface area (Å²) in [5.74, 6) is -0.256. The molecular weight excluding hydrogens is 357 g/mol. The normalized spacial score (nSPS) is 26.9. The molecule has 126 valence electrons. The molecule has 1 aromatic carbocycles. The minimum absolute atomic E-state index is 0.256. The fraction of sp³-hybridized carbons (Fsp3) is 0.562. The Hall–Kier alpha value is -0.780. The fourth-order valence-corrected chi connectivity index (χ4v) is 5.59. The van der Waals surface area contributed by atoms with Gasteiger partial charge in [-0.25, -0.2) is 8.42 Å².